The average Bonchev–Trinajstić information content (AvgIpc) is 2.77. The summed E-state index contributed by atoms with van der Waals surface area (Å²) in [6, 6.07) is 4.63. The first kappa shape index (κ1) is 25.4. The molecule has 1 aliphatic rings. The molecular weight excluding hydrogens is 458 g/mol. The summed E-state index contributed by atoms with van der Waals surface area (Å²) in [6.07, 6.45) is -5.69. The number of carbonyl (C=O) groups excluding carboxylic acids is 2. The lowest BCUT2D eigenvalue weighted by molar-refractivity contribution is -0.144. The van der Waals surface area contributed by atoms with Crippen LogP contribution in [0.2, 0.25) is 0 Å². The quantitative estimate of drug-likeness (QED) is 0.419. The fourth-order valence-electron chi connectivity index (χ4n) is 3.90. The van der Waals surface area contributed by atoms with Crippen LogP contribution in [-0.4, -0.2) is 55.0 Å². The number of fused-ring (bicyclic) bond motifs is 1. The Morgan fingerprint density at radius 3 is 2.71 bits per heavy atom. The van der Waals surface area contributed by atoms with Gasteiger partial charge in [0.15, 0.2) is 11.6 Å². The van der Waals surface area contributed by atoms with E-state index in [1.807, 2.05) is 17.9 Å². The van der Waals surface area contributed by atoms with Gasteiger partial charge in [0, 0.05) is 25.8 Å². The van der Waals surface area contributed by atoms with E-state index in [-0.39, 0.29) is 18.5 Å². The number of amides is 2. The highest BCUT2D eigenvalue weighted by Crippen LogP contribution is 2.34. The average molecular weight is 483 g/mol. The summed E-state index contributed by atoms with van der Waals surface area (Å²) in [5.41, 5.74) is -0.543. The van der Waals surface area contributed by atoms with Crippen LogP contribution < -0.4 is 9.64 Å². The lowest BCUT2D eigenvalue weighted by Crippen LogP contribution is -2.43. The number of halogens is 4. The van der Waals surface area contributed by atoms with E-state index in [2.05, 4.69) is 4.98 Å². The maximum absolute atomic E-state index is 13.9. The van der Waals surface area contributed by atoms with Crippen LogP contribution in [0.5, 0.6) is 5.75 Å². The van der Waals surface area contributed by atoms with Crippen LogP contribution in [0.25, 0.3) is 0 Å². The highest BCUT2D eigenvalue weighted by atomic mass is 19.4. The van der Waals surface area contributed by atoms with E-state index < -0.39 is 35.6 Å². The van der Waals surface area contributed by atoms with E-state index in [9.17, 15) is 27.2 Å². The number of rotatable bonds is 8. The second-order valence-corrected chi connectivity index (χ2v) is 7.93. The van der Waals surface area contributed by atoms with Crippen LogP contribution >= 0.6 is 0 Å². The molecule has 0 fully saturated rings. The molecule has 0 bridgehead atoms. The van der Waals surface area contributed by atoms with E-state index in [0.29, 0.717) is 37.2 Å². The van der Waals surface area contributed by atoms with Crippen LogP contribution in [0, 0.1) is 12.7 Å². The molecule has 2 aromatic rings. The zero-order valence-electron chi connectivity index (χ0n) is 18.9. The zero-order chi connectivity index (χ0) is 25.0. The third-order valence-electron chi connectivity index (χ3n) is 5.60. The molecule has 0 spiro atoms. The maximum atomic E-state index is 13.9. The number of imide groups is 1. The number of hydrogen-bond donors (Lipinski definition) is 0. The Kier molecular flexibility index (Phi) is 7.75. The second-order valence-electron chi connectivity index (χ2n) is 7.93. The first-order valence-corrected chi connectivity index (χ1v) is 10.6. The molecule has 0 saturated carbocycles. The van der Waals surface area contributed by atoms with Gasteiger partial charge in [-0.1, -0.05) is 0 Å². The van der Waals surface area contributed by atoms with Crippen molar-refractivity contribution in [2.45, 2.75) is 38.6 Å². The van der Waals surface area contributed by atoms with Gasteiger partial charge in [-0.05, 0) is 49.7 Å². The van der Waals surface area contributed by atoms with Crippen molar-refractivity contribution in [2.75, 3.05) is 31.7 Å². The number of methoxy groups -OCH3 is 1. The molecule has 1 aromatic carbocycles. The van der Waals surface area contributed by atoms with Gasteiger partial charge in [0.2, 0.25) is 12.3 Å². The molecule has 184 valence electrons. The summed E-state index contributed by atoms with van der Waals surface area (Å²) < 4.78 is 64.2. The van der Waals surface area contributed by atoms with Gasteiger partial charge >= 0.3 is 6.18 Å². The van der Waals surface area contributed by atoms with Gasteiger partial charge in [-0.2, -0.15) is 13.2 Å². The highest BCUT2D eigenvalue weighted by Gasteiger charge is 2.34. The van der Waals surface area contributed by atoms with E-state index in [0.717, 1.165) is 22.7 Å². The normalized spacial score (nSPS) is 15.2. The molecule has 3 rings (SSSR count). The Bertz CT molecular complexity index is 1050. The summed E-state index contributed by atoms with van der Waals surface area (Å²) in [6.45, 7) is 4.44. The van der Waals surface area contributed by atoms with Crippen molar-refractivity contribution in [3.63, 3.8) is 0 Å². The van der Waals surface area contributed by atoms with Crippen LogP contribution in [-0.2, 0) is 20.5 Å². The molecule has 1 aliphatic heterocycles. The predicted octanol–water partition coefficient (Wildman–Crippen LogP) is 3.90. The summed E-state index contributed by atoms with van der Waals surface area (Å²) in [7, 11) is 1.21. The lowest BCUT2D eigenvalue weighted by atomic mass is 9.99. The van der Waals surface area contributed by atoms with Gasteiger partial charge in [-0.15, -0.1) is 0 Å². The number of aryl methyl sites for hydroxylation is 1. The van der Waals surface area contributed by atoms with Crippen molar-refractivity contribution in [1.82, 2.24) is 9.88 Å². The monoisotopic (exact) mass is 483 g/mol. The van der Waals surface area contributed by atoms with Crippen molar-refractivity contribution in [2.24, 2.45) is 0 Å². The first-order valence-electron chi connectivity index (χ1n) is 10.6. The molecule has 11 heteroatoms. The van der Waals surface area contributed by atoms with Crippen molar-refractivity contribution < 1.29 is 36.6 Å². The van der Waals surface area contributed by atoms with Gasteiger partial charge in [-0.3, -0.25) is 14.5 Å². The van der Waals surface area contributed by atoms with Gasteiger partial charge < -0.3 is 14.4 Å². The molecule has 0 N–H and O–H groups in total. The van der Waals surface area contributed by atoms with Crippen molar-refractivity contribution in [3.8, 4) is 5.75 Å². The van der Waals surface area contributed by atoms with Crippen LogP contribution in [0.1, 0.15) is 36.3 Å². The highest BCUT2D eigenvalue weighted by molar-refractivity contribution is 5.87. The molecule has 2 amide bonds. The number of pyridine rings is 1. The Balaban J connectivity index is 1.75. The fraction of sp³-hybridized carbons (Fsp3) is 0.435. The van der Waals surface area contributed by atoms with Crippen molar-refractivity contribution in [3.05, 3.63) is 53.0 Å². The van der Waals surface area contributed by atoms with Gasteiger partial charge in [0.05, 0.1) is 18.2 Å². The molecule has 2 unspecified atom stereocenters. The van der Waals surface area contributed by atoms with Crippen molar-refractivity contribution in [1.29, 1.82) is 0 Å². The number of ether oxygens (including phenoxy) is 2. The Morgan fingerprint density at radius 1 is 1.32 bits per heavy atom. The second kappa shape index (κ2) is 10.4. The smallest absolute Gasteiger partial charge is 0.416 e. The van der Waals surface area contributed by atoms with Crippen LogP contribution in [0.15, 0.2) is 30.3 Å². The third-order valence-corrected chi connectivity index (χ3v) is 5.60. The lowest BCUT2D eigenvalue weighted by Gasteiger charge is -2.32. The van der Waals surface area contributed by atoms with Gasteiger partial charge in [-0.25, -0.2) is 9.37 Å². The molecule has 0 radical (unpaired) electrons. The Morgan fingerprint density at radius 2 is 2.06 bits per heavy atom. The summed E-state index contributed by atoms with van der Waals surface area (Å²) in [5, 5.41) is 0. The molecule has 0 saturated heterocycles. The number of benzene rings is 1. The third kappa shape index (κ3) is 5.64. The van der Waals surface area contributed by atoms with Gasteiger partial charge in [0.1, 0.15) is 18.5 Å². The van der Waals surface area contributed by atoms with Crippen LogP contribution in [0.4, 0.5) is 23.4 Å². The SMILES string of the molecule is COC(c1cc(F)cc(C(F)(F)F)c1)C(C)N(C=O)C(=O)CCN1CCOc2ccc(C)nc21. The number of hydrogen-bond acceptors (Lipinski definition) is 6. The Hall–Kier alpha value is -3.21. The molecule has 2 atom stereocenters. The summed E-state index contributed by atoms with van der Waals surface area (Å²) in [4.78, 5) is 31.8. The molecular formula is C23H25F4N3O4. The molecule has 34 heavy (non-hydrogen) atoms. The number of aromatic nitrogens is 1. The van der Waals surface area contributed by atoms with E-state index in [1.54, 1.807) is 6.07 Å². The topological polar surface area (TPSA) is 72.0 Å². The number of nitrogens with zero attached hydrogens (tertiary/aromatic N) is 3. The number of carbonyl (C=O) groups is 2. The molecule has 7 nitrogen and oxygen atoms in total. The maximum Gasteiger partial charge on any atom is 0.416 e. The Labute approximate surface area is 194 Å². The number of anilines is 1. The van der Waals surface area contributed by atoms with Crippen LogP contribution in [0.3, 0.4) is 0 Å². The standard InChI is InChI=1S/C23H25F4N3O4/c1-14-4-5-19-22(28-14)29(8-9-34-19)7-6-20(32)30(13-31)15(2)21(33-3)16-10-17(23(25,26)27)12-18(24)11-16/h4-5,10-13,15,21H,6-9H2,1-3H3. The van der Waals surface area contributed by atoms with Gasteiger partial charge in [0.25, 0.3) is 0 Å². The summed E-state index contributed by atoms with van der Waals surface area (Å²) >= 11 is 0. The molecule has 2 heterocycles. The fourth-order valence-corrected chi connectivity index (χ4v) is 3.90. The van der Waals surface area contributed by atoms with Crippen molar-refractivity contribution >= 4 is 18.1 Å². The molecule has 0 aliphatic carbocycles. The first-order chi connectivity index (χ1) is 16.0. The van der Waals surface area contributed by atoms with E-state index >= 15 is 0 Å². The minimum Gasteiger partial charge on any atom is -0.488 e. The van der Waals surface area contributed by atoms with E-state index in [1.165, 1.54) is 14.0 Å². The number of alkyl halides is 3. The minimum absolute atomic E-state index is 0.0640. The zero-order valence-corrected chi connectivity index (χ0v) is 18.9. The predicted molar refractivity (Wildman–Crippen MR) is 115 cm³/mol. The van der Waals surface area contributed by atoms with E-state index in [4.69, 9.17) is 9.47 Å². The summed E-state index contributed by atoms with van der Waals surface area (Å²) in [5.74, 6) is -0.468. The molecule has 1 aromatic heterocycles. The minimum atomic E-state index is -4.76. The largest absolute Gasteiger partial charge is 0.488 e.